The van der Waals surface area contributed by atoms with Crippen LogP contribution in [0.1, 0.15) is 10.9 Å². The highest BCUT2D eigenvalue weighted by Crippen LogP contribution is 2.35. The maximum absolute atomic E-state index is 13.2. The number of sulfone groups is 1. The van der Waals surface area contributed by atoms with Crippen molar-refractivity contribution in [3.8, 4) is 0 Å². The minimum atomic E-state index is -3.79. The van der Waals surface area contributed by atoms with E-state index in [1.807, 2.05) is 0 Å². The summed E-state index contributed by atoms with van der Waals surface area (Å²) < 4.78 is 27.9. The zero-order valence-electron chi connectivity index (χ0n) is 13.8. The Morgan fingerprint density at radius 3 is 2.14 bits per heavy atom. The van der Waals surface area contributed by atoms with Gasteiger partial charge in [0.2, 0.25) is 9.84 Å². The Morgan fingerprint density at radius 2 is 1.64 bits per heavy atom. The van der Waals surface area contributed by atoms with Crippen LogP contribution in [-0.2, 0) is 9.84 Å². The molecule has 0 aliphatic heterocycles. The van der Waals surface area contributed by atoms with Crippen molar-refractivity contribution in [3.63, 3.8) is 0 Å². The van der Waals surface area contributed by atoms with E-state index in [0.717, 1.165) is 0 Å². The van der Waals surface area contributed by atoms with Gasteiger partial charge in [-0.2, -0.15) is 0 Å². The van der Waals surface area contributed by atoms with Crippen molar-refractivity contribution in [2.24, 2.45) is 0 Å². The Hall–Kier alpha value is -2.33. The summed E-state index contributed by atoms with van der Waals surface area (Å²) in [6, 6.07) is 10.7. The average molecular weight is 465 g/mol. The highest BCUT2D eigenvalue weighted by Gasteiger charge is 2.32. The van der Waals surface area contributed by atoms with Crippen molar-refractivity contribution < 1.29 is 18.7 Å². The molecule has 1 atom stereocenters. The molecule has 1 heterocycles. The topological polar surface area (TPSA) is 115 Å². The van der Waals surface area contributed by atoms with E-state index in [9.17, 15) is 8.42 Å². The molecule has 28 heavy (non-hydrogen) atoms. The predicted molar refractivity (Wildman–Crippen MR) is 104 cm³/mol. The van der Waals surface area contributed by atoms with Crippen LogP contribution in [0.3, 0.4) is 0 Å². The summed E-state index contributed by atoms with van der Waals surface area (Å²) in [7, 11) is -3.79. The Bertz CT molecular complexity index is 1050. The van der Waals surface area contributed by atoms with Gasteiger partial charge in [0.25, 0.3) is 5.09 Å². The van der Waals surface area contributed by atoms with Crippen LogP contribution in [0.2, 0.25) is 15.1 Å². The van der Waals surface area contributed by atoms with E-state index in [4.69, 9.17) is 50.1 Å². The second kappa shape index (κ2) is 9.24. The van der Waals surface area contributed by atoms with E-state index in [-0.39, 0.29) is 9.92 Å². The summed E-state index contributed by atoms with van der Waals surface area (Å²) in [6.45, 7) is 0. The summed E-state index contributed by atoms with van der Waals surface area (Å²) in [5.74, 6) is 0. The number of benzene rings is 2. The molecular weight excluding hydrogens is 453 g/mol. The van der Waals surface area contributed by atoms with E-state index in [1.165, 1.54) is 47.4 Å². The second-order valence-corrected chi connectivity index (χ2v) is 8.55. The first-order chi connectivity index (χ1) is 13.1. The predicted octanol–water partition coefficient (Wildman–Crippen LogP) is 4.52. The van der Waals surface area contributed by atoms with Crippen molar-refractivity contribution in [2.75, 3.05) is 0 Å². The Kier molecular flexibility index (Phi) is 7.25. The molecule has 0 saturated carbocycles. The lowest BCUT2D eigenvalue weighted by atomic mass is 10.2. The minimum absolute atomic E-state index is 0.136. The van der Waals surface area contributed by atoms with Gasteiger partial charge in [-0.1, -0.05) is 40.9 Å². The van der Waals surface area contributed by atoms with E-state index in [1.54, 1.807) is 18.3 Å². The quantitative estimate of drug-likeness (QED) is 0.448. The number of hydrogen-bond acceptors (Lipinski definition) is 5. The van der Waals surface area contributed by atoms with Gasteiger partial charge in [-0.3, -0.25) is 0 Å². The molecule has 0 bridgehead atoms. The third kappa shape index (κ3) is 5.35. The molecule has 0 aliphatic carbocycles. The molecule has 0 spiro atoms. The molecule has 0 saturated heterocycles. The Balaban J connectivity index is 0.000000640. The van der Waals surface area contributed by atoms with Crippen LogP contribution in [0, 0.1) is 10.1 Å². The number of nitrogens with zero attached hydrogens (tertiary/aromatic N) is 3. The van der Waals surface area contributed by atoms with E-state index < -0.39 is 20.3 Å². The van der Waals surface area contributed by atoms with Gasteiger partial charge in [-0.05, 0) is 36.4 Å². The second-order valence-electron chi connectivity index (χ2n) is 5.26. The molecule has 3 aromatic rings. The number of hydrogen-bond donors (Lipinski definition) is 1. The van der Waals surface area contributed by atoms with Crippen LogP contribution >= 0.6 is 34.8 Å². The van der Waals surface area contributed by atoms with Gasteiger partial charge in [0.1, 0.15) is 0 Å². The third-order valence-corrected chi connectivity index (χ3v) is 6.29. The maximum Gasteiger partial charge on any atom is 0.291 e. The van der Waals surface area contributed by atoms with Crippen LogP contribution < -0.4 is 0 Å². The fourth-order valence-electron chi connectivity index (χ4n) is 2.35. The molecule has 0 radical (unpaired) electrons. The number of rotatable bonds is 4. The largest absolute Gasteiger partial charge is 0.328 e. The van der Waals surface area contributed by atoms with Crippen LogP contribution in [0.5, 0.6) is 0 Å². The molecular formula is C16H12Cl3N3O5S. The maximum atomic E-state index is 13.2. The lowest BCUT2D eigenvalue weighted by Crippen LogP contribution is -2.21. The van der Waals surface area contributed by atoms with Gasteiger partial charge in [0.15, 0.2) is 5.37 Å². The SMILES string of the molecule is O=S(=O)(c1ccc(Cl)cc1)C(c1ccc(Cl)cc1Cl)n1ccnc1.O=[N+]([O-])O. The highest BCUT2D eigenvalue weighted by molar-refractivity contribution is 7.91. The van der Waals surface area contributed by atoms with E-state index in [0.29, 0.717) is 15.6 Å². The first-order valence-corrected chi connectivity index (χ1v) is 10.1. The summed E-state index contributed by atoms with van der Waals surface area (Å²) in [5, 5.41) is 13.7. The number of halogens is 3. The minimum Gasteiger partial charge on any atom is -0.328 e. The molecule has 0 fully saturated rings. The summed E-state index contributed by atoms with van der Waals surface area (Å²) in [5.41, 5.74) is 0.411. The fraction of sp³-hybridized carbons (Fsp3) is 0.0625. The molecule has 3 rings (SSSR count). The molecule has 0 amide bonds. The molecule has 148 valence electrons. The highest BCUT2D eigenvalue weighted by atomic mass is 35.5. The number of imidazole rings is 1. The van der Waals surface area contributed by atoms with E-state index >= 15 is 0 Å². The van der Waals surface area contributed by atoms with Crippen LogP contribution in [0.25, 0.3) is 0 Å². The zero-order chi connectivity index (χ0) is 20.9. The molecule has 1 unspecified atom stereocenters. The first kappa shape index (κ1) is 22.0. The van der Waals surface area contributed by atoms with Crippen molar-refractivity contribution in [2.45, 2.75) is 10.3 Å². The van der Waals surface area contributed by atoms with Gasteiger partial charge in [0, 0.05) is 33.0 Å². The van der Waals surface area contributed by atoms with Gasteiger partial charge in [-0.25, -0.2) is 13.4 Å². The van der Waals surface area contributed by atoms with Crippen molar-refractivity contribution in [1.82, 2.24) is 9.55 Å². The Morgan fingerprint density at radius 1 is 1.07 bits per heavy atom. The zero-order valence-corrected chi connectivity index (χ0v) is 16.9. The standard InChI is InChI=1S/C16H11Cl3N2O2S.HNO3/c17-11-1-4-13(5-2-11)24(22,23)16(21-8-7-20-10-21)14-6-3-12(18)9-15(14)19;2-1(3)4/h1-10,16H;(H,2,3,4). The molecule has 0 aliphatic rings. The molecule has 12 heteroatoms. The monoisotopic (exact) mass is 463 g/mol. The van der Waals surface area contributed by atoms with Gasteiger partial charge in [-0.15, -0.1) is 10.1 Å². The normalized spacial score (nSPS) is 12.0. The van der Waals surface area contributed by atoms with Crippen LogP contribution in [0.4, 0.5) is 0 Å². The third-order valence-electron chi connectivity index (χ3n) is 3.46. The summed E-state index contributed by atoms with van der Waals surface area (Å²) in [4.78, 5) is 12.4. The van der Waals surface area contributed by atoms with Gasteiger partial charge >= 0.3 is 0 Å². The summed E-state index contributed by atoms with van der Waals surface area (Å²) in [6.07, 6.45) is 4.51. The van der Waals surface area contributed by atoms with Crippen molar-refractivity contribution in [3.05, 3.63) is 91.9 Å². The van der Waals surface area contributed by atoms with E-state index in [2.05, 4.69) is 4.98 Å². The lowest BCUT2D eigenvalue weighted by molar-refractivity contribution is -0.742. The number of aromatic nitrogens is 2. The Labute approximate surface area is 174 Å². The smallest absolute Gasteiger partial charge is 0.291 e. The summed E-state index contributed by atoms with van der Waals surface area (Å²) >= 11 is 18.0. The molecule has 2 aromatic carbocycles. The van der Waals surface area contributed by atoms with Crippen molar-refractivity contribution in [1.29, 1.82) is 0 Å². The van der Waals surface area contributed by atoms with Crippen LogP contribution in [0.15, 0.2) is 66.1 Å². The van der Waals surface area contributed by atoms with Gasteiger partial charge in [0.05, 0.1) is 11.2 Å². The first-order valence-electron chi connectivity index (χ1n) is 7.38. The van der Waals surface area contributed by atoms with Gasteiger partial charge < -0.3 is 9.77 Å². The average Bonchev–Trinajstić information content (AvgIpc) is 3.11. The lowest BCUT2D eigenvalue weighted by Gasteiger charge is -2.21. The van der Waals surface area contributed by atoms with Crippen molar-refractivity contribution >= 4 is 44.6 Å². The van der Waals surface area contributed by atoms with Crippen LogP contribution in [-0.4, -0.2) is 28.3 Å². The molecule has 8 nitrogen and oxygen atoms in total. The molecule has 1 aromatic heterocycles. The molecule has 1 N–H and O–H groups in total. The fourth-order valence-corrected chi connectivity index (χ4v) is 4.81.